The topological polar surface area (TPSA) is 48.2 Å². The predicted octanol–water partition coefficient (Wildman–Crippen LogP) is 3.60. The van der Waals surface area contributed by atoms with Gasteiger partial charge in [0, 0.05) is 55.6 Å². The predicted molar refractivity (Wildman–Crippen MR) is 112 cm³/mol. The summed E-state index contributed by atoms with van der Waals surface area (Å²) < 4.78 is 9.53. The SMILES string of the molecule is COCCn1cc(CC(=O)NCCn2ccc3ccccc32)c2ccccc21. The van der Waals surface area contributed by atoms with Crippen LogP contribution in [-0.2, 0) is 29.0 Å². The number of carbonyl (C=O) groups excluding carboxylic acids is 1. The van der Waals surface area contributed by atoms with Gasteiger partial charge >= 0.3 is 0 Å². The molecule has 4 rings (SSSR count). The van der Waals surface area contributed by atoms with Crippen LogP contribution in [0, 0.1) is 0 Å². The quantitative estimate of drug-likeness (QED) is 0.512. The molecule has 0 fully saturated rings. The molecule has 1 N–H and O–H groups in total. The second-order valence-corrected chi connectivity index (χ2v) is 6.95. The Hall–Kier alpha value is -3.05. The van der Waals surface area contributed by atoms with E-state index in [1.54, 1.807) is 7.11 Å². The van der Waals surface area contributed by atoms with E-state index in [0.29, 0.717) is 19.6 Å². The zero-order chi connectivity index (χ0) is 19.3. The number of para-hydroxylation sites is 2. The third kappa shape index (κ3) is 3.80. The molecule has 5 heteroatoms. The maximum atomic E-state index is 12.5. The van der Waals surface area contributed by atoms with Crippen molar-refractivity contribution in [2.75, 3.05) is 20.3 Å². The van der Waals surface area contributed by atoms with Crippen molar-refractivity contribution in [2.45, 2.75) is 19.5 Å². The minimum absolute atomic E-state index is 0.0473. The Balaban J connectivity index is 1.40. The van der Waals surface area contributed by atoms with Gasteiger partial charge < -0.3 is 19.2 Å². The fourth-order valence-electron chi connectivity index (χ4n) is 3.73. The summed E-state index contributed by atoms with van der Waals surface area (Å²) in [5.41, 5.74) is 3.38. The first-order valence-corrected chi connectivity index (χ1v) is 9.62. The average molecular weight is 375 g/mol. The number of hydrogen-bond donors (Lipinski definition) is 1. The van der Waals surface area contributed by atoms with Crippen molar-refractivity contribution in [3.63, 3.8) is 0 Å². The van der Waals surface area contributed by atoms with E-state index >= 15 is 0 Å². The Morgan fingerprint density at radius 1 is 0.964 bits per heavy atom. The van der Waals surface area contributed by atoms with Crippen molar-refractivity contribution in [1.29, 1.82) is 0 Å². The van der Waals surface area contributed by atoms with E-state index in [2.05, 4.69) is 57.2 Å². The second-order valence-electron chi connectivity index (χ2n) is 6.95. The van der Waals surface area contributed by atoms with Gasteiger partial charge in [-0.05, 0) is 29.1 Å². The van der Waals surface area contributed by atoms with Crippen LogP contribution < -0.4 is 5.32 Å². The van der Waals surface area contributed by atoms with Crippen molar-refractivity contribution in [3.8, 4) is 0 Å². The number of nitrogens with one attached hydrogen (secondary N) is 1. The zero-order valence-electron chi connectivity index (χ0n) is 16.1. The van der Waals surface area contributed by atoms with E-state index < -0.39 is 0 Å². The number of rotatable bonds is 8. The summed E-state index contributed by atoms with van der Waals surface area (Å²) in [7, 11) is 1.70. The van der Waals surface area contributed by atoms with Crippen LogP contribution in [0.5, 0.6) is 0 Å². The Kier molecular flexibility index (Phi) is 5.44. The molecule has 28 heavy (non-hydrogen) atoms. The molecule has 0 saturated carbocycles. The van der Waals surface area contributed by atoms with Gasteiger partial charge in [-0.25, -0.2) is 0 Å². The third-order valence-corrected chi connectivity index (χ3v) is 5.11. The minimum Gasteiger partial charge on any atom is -0.383 e. The molecule has 0 spiro atoms. The molecule has 1 amide bonds. The number of aromatic nitrogens is 2. The molecular formula is C23H25N3O2. The first kappa shape index (κ1) is 18.3. The fourth-order valence-corrected chi connectivity index (χ4v) is 3.73. The summed E-state index contributed by atoms with van der Waals surface area (Å²) in [6, 6.07) is 18.6. The van der Waals surface area contributed by atoms with Crippen molar-refractivity contribution in [3.05, 3.63) is 72.6 Å². The molecule has 0 radical (unpaired) electrons. The van der Waals surface area contributed by atoms with E-state index in [1.165, 1.54) is 10.9 Å². The first-order valence-electron chi connectivity index (χ1n) is 9.62. The first-order chi connectivity index (χ1) is 13.8. The molecule has 0 unspecified atom stereocenters. The zero-order valence-corrected chi connectivity index (χ0v) is 16.1. The number of carbonyl (C=O) groups is 1. The minimum atomic E-state index is 0.0473. The Morgan fingerprint density at radius 2 is 1.75 bits per heavy atom. The molecule has 0 bridgehead atoms. The van der Waals surface area contributed by atoms with Crippen molar-refractivity contribution >= 4 is 27.7 Å². The Labute approximate surface area is 164 Å². The third-order valence-electron chi connectivity index (χ3n) is 5.11. The van der Waals surface area contributed by atoms with Crippen LogP contribution in [0.3, 0.4) is 0 Å². The summed E-state index contributed by atoms with van der Waals surface area (Å²) >= 11 is 0. The van der Waals surface area contributed by atoms with Gasteiger partial charge in [0.2, 0.25) is 5.91 Å². The molecular weight excluding hydrogens is 350 g/mol. The van der Waals surface area contributed by atoms with Crippen molar-refractivity contribution in [1.82, 2.24) is 14.5 Å². The normalized spacial score (nSPS) is 11.3. The molecule has 0 atom stereocenters. The number of ether oxygens (including phenoxy) is 1. The lowest BCUT2D eigenvalue weighted by Gasteiger charge is -2.07. The number of fused-ring (bicyclic) bond motifs is 2. The lowest BCUT2D eigenvalue weighted by Crippen LogP contribution is -2.28. The summed E-state index contributed by atoms with van der Waals surface area (Å²) in [6.45, 7) is 2.79. The van der Waals surface area contributed by atoms with Gasteiger partial charge in [-0.1, -0.05) is 36.4 Å². The highest BCUT2D eigenvalue weighted by Gasteiger charge is 2.11. The lowest BCUT2D eigenvalue weighted by molar-refractivity contribution is -0.120. The van der Waals surface area contributed by atoms with Gasteiger partial charge in [-0.2, -0.15) is 0 Å². The van der Waals surface area contributed by atoms with Crippen LogP contribution in [0.25, 0.3) is 21.8 Å². The largest absolute Gasteiger partial charge is 0.383 e. The van der Waals surface area contributed by atoms with Gasteiger partial charge in [0.1, 0.15) is 0 Å². The summed E-state index contributed by atoms with van der Waals surface area (Å²) in [5, 5.41) is 5.41. The van der Waals surface area contributed by atoms with Gasteiger partial charge in [-0.3, -0.25) is 4.79 Å². The van der Waals surface area contributed by atoms with Crippen molar-refractivity contribution < 1.29 is 9.53 Å². The van der Waals surface area contributed by atoms with Gasteiger partial charge in [0.15, 0.2) is 0 Å². The Morgan fingerprint density at radius 3 is 2.61 bits per heavy atom. The maximum absolute atomic E-state index is 12.5. The molecule has 144 valence electrons. The molecule has 2 aromatic heterocycles. The maximum Gasteiger partial charge on any atom is 0.224 e. The van der Waals surface area contributed by atoms with Crippen LogP contribution in [-0.4, -0.2) is 35.3 Å². The monoisotopic (exact) mass is 375 g/mol. The van der Waals surface area contributed by atoms with Crippen molar-refractivity contribution in [2.24, 2.45) is 0 Å². The molecule has 0 aliphatic rings. The van der Waals surface area contributed by atoms with E-state index in [1.807, 2.05) is 24.3 Å². The highest BCUT2D eigenvalue weighted by Crippen LogP contribution is 2.22. The van der Waals surface area contributed by atoms with E-state index in [4.69, 9.17) is 4.74 Å². The number of nitrogens with zero attached hydrogens (tertiary/aromatic N) is 2. The standard InChI is InChI=1S/C23H25N3O2/c1-28-15-14-26-17-19(20-7-3-5-9-22(20)26)16-23(27)24-11-13-25-12-10-18-6-2-4-8-21(18)25/h2-10,12,17H,11,13-16H2,1H3,(H,24,27). The van der Waals surface area contributed by atoms with E-state index in [9.17, 15) is 4.79 Å². The van der Waals surface area contributed by atoms with Crippen LogP contribution in [0.2, 0.25) is 0 Å². The van der Waals surface area contributed by atoms with Crippen LogP contribution >= 0.6 is 0 Å². The van der Waals surface area contributed by atoms with E-state index in [0.717, 1.165) is 29.6 Å². The highest BCUT2D eigenvalue weighted by molar-refractivity contribution is 5.89. The molecule has 2 heterocycles. The van der Waals surface area contributed by atoms with Gasteiger partial charge in [0.05, 0.1) is 13.0 Å². The summed E-state index contributed by atoms with van der Waals surface area (Å²) in [6.07, 6.45) is 4.52. The summed E-state index contributed by atoms with van der Waals surface area (Å²) in [5.74, 6) is 0.0473. The molecule has 5 nitrogen and oxygen atoms in total. The van der Waals surface area contributed by atoms with Crippen LogP contribution in [0.4, 0.5) is 0 Å². The molecule has 0 aliphatic carbocycles. The molecule has 2 aromatic carbocycles. The molecule has 0 aliphatic heterocycles. The van der Waals surface area contributed by atoms with Gasteiger partial charge in [-0.15, -0.1) is 0 Å². The highest BCUT2D eigenvalue weighted by atomic mass is 16.5. The average Bonchev–Trinajstić information content (AvgIpc) is 3.28. The fraction of sp³-hybridized carbons (Fsp3) is 0.261. The number of methoxy groups -OCH3 is 1. The van der Waals surface area contributed by atoms with E-state index in [-0.39, 0.29) is 5.91 Å². The summed E-state index contributed by atoms with van der Waals surface area (Å²) in [4.78, 5) is 12.5. The number of hydrogen-bond acceptors (Lipinski definition) is 2. The Bertz CT molecular complexity index is 1090. The second kappa shape index (κ2) is 8.31. The smallest absolute Gasteiger partial charge is 0.224 e. The number of amides is 1. The lowest BCUT2D eigenvalue weighted by atomic mass is 10.1. The van der Waals surface area contributed by atoms with Gasteiger partial charge in [0.25, 0.3) is 0 Å². The molecule has 0 saturated heterocycles. The van der Waals surface area contributed by atoms with Crippen LogP contribution in [0.1, 0.15) is 5.56 Å². The molecule has 4 aromatic rings. The number of benzene rings is 2. The van der Waals surface area contributed by atoms with Crippen LogP contribution in [0.15, 0.2) is 67.0 Å².